The summed E-state index contributed by atoms with van der Waals surface area (Å²) in [5.41, 5.74) is 0. The average Bonchev–Trinajstić information content (AvgIpc) is 0.722. The first-order valence-electron chi connectivity index (χ1n) is 0.690. The quantitative estimate of drug-likeness (QED) is 0.339. The number of halogens is 5. The Hall–Kier alpha value is 2.30. The van der Waals surface area contributed by atoms with Crippen LogP contribution in [0.2, 0.25) is 0 Å². The molecule has 0 unspecified atom stereocenters. The molecular weight excluding hydrogens is 290 g/mol. The Morgan fingerprint density at radius 1 is 1.00 bits per heavy atom. The van der Waals surface area contributed by atoms with E-state index in [1.54, 1.807) is 0 Å². The molecule has 0 amide bonds. The van der Waals surface area contributed by atoms with Crippen LogP contribution in [0.4, 0.5) is 0 Å². The number of rotatable bonds is 0. The van der Waals surface area contributed by atoms with Crippen molar-refractivity contribution in [3.63, 3.8) is 0 Å². The van der Waals surface area contributed by atoms with Crippen molar-refractivity contribution in [2.24, 2.45) is 0 Å². The molecule has 0 rings (SSSR count). The minimum atomic E-state index is -3.22. The van der Waals surface area contributed by atoms with E-state index in [1.165, 1.54) is 0 Å². The fourth-order valence-corrected chi connectivity index (χ4v) is 0. The predicted molar refractivity (Wildman–Crippen MR) is 25.2 cm³/mol. The molecule has 0 radical (unpaired) electrons. The molecule has 0 aliphatic carbocycles. The van der Waals surface area contributed by atoms with Crippen molar-refractivity contribution in [3.05, 3.63) is 0 Å². The summed E-state index contributed by atoms with van der Waals surface area (Å²) >= 11 is 13.8. The van der Waals surface area contributed by atoms with E-state index < -0.39 is 5.20 Å². The van der Waals surface area contributed by atoms with Gasteiger partial charge in [-0.3, -0.25) is 4.57 Å². The summed E-state index contributed by atoms with van der Waals surface area (Å²) in [7, 11) is 0. The zero-order valence-electron chi connectivity index (χ0n) is 3.45. The molecular formula is Cl5OPZn. The van der Waals surface area contributed by atoms with Crippen LogP contribution in [0.5, 0.6) is 0 Å². The van der Waals surface area contributed by atoms with Crippen LogP contribution in [0.1, 0.15) is 0 Å². The smallest absolute Gasteiger partial charge is 1.00 e. The van der Waals surface area contributed by atoms with Gasteiger partial charge in [0, 0.05) is 0 Å². The summed E-state index contributed by atoms with van der Waals surface area (Å²) in [6, 6.07) is 0. The van der Waals surface area contributed by atoms with Gasteiger partial charge in [0.1, 0.15) is 0 Å². The molecule has 0 atom stereocenters. The van der Waals surface area contributed by atoms with Crippen molar-refractivity contribution >= 4 is 38.9 Å². The first-order valence-corrected chi connectivity index (χ1v) is 5.11. The molecule has 0 aromatic rings. The second kappa shape index (κ2) is 9.30. The van der Waals surface area contributed by atoms with Gasteiger partial charge in [0.15, 0.2) is 0 Å². The van der Waals surface area contributed by atoms with E-state index in [1.807, 2.05) is 0 Å². The van der Waals surface area contributed by atoms with Gasteiger partial charge in [0.25, 0.3) is 0 Å². The van der Waals surface area contributed by atoms with Gasteiger partial charge in [-0.15, -0.1) is 0 Å². The molecule has 0 aliphatic rings. The van der Waals surface area contributed by atoms with E-state index in [4.69, 9.17) is 0 Å². The maximum Gasteiger partial charge on any atom is 2.00 e. The van der Waals surface area contributed by atoms with Crippen LogP contribution in [0.3, 0.4) is 0 Å². The predicted octanol–water partition coefficient (Wildman–Crippen LogP) is -3.18. The summed E-state index contributed by atoms with van der Waals surface area (Å²) in [6.07, 6.45) is 0. The van der Waals surface area contributed by atoms with Crippen LogP contribution >= 0.6 is 38.9 Å². The SMILES string of the molecule is O=P(Cl)(Cl)Cl.[Cl-].[Cl-].[Zn+2]. The van der Waals surface area contributed by atoms with Crippen molar-refractivity contribution in [1.82, 2.24) is 0 Å². The summed E-state index contributed by atoms with van der Waals surface area (Å²) in [6.45, 7) is 0. The van der Waals surface area contributed by atoms with Crippen LogP contribution in [0.25, 0.3) is 0 Å². The second-order valence-electron chi connectivity index (χ2n) is 0.399. The Morgan fingerprint density at radius 2 is 1.00 bits per heavy atom. The van der Waals surface area contributed by atoms with Gasteiger partial charge in [0.2, 0.25) is 0 Å². The standard InChI is InChI=1S/Cl3OP.2ClH.Zn/c1-5(2,3)4;;;/h;2*1H;/q;;;+2/p-2. The summed E-state index contributed by atoms with van der Waals surface area (Å²) in [5, 5.41) is -3.22. The molecule has 0 spiro atoms. The van der Waals surface area contributed by atoms with E-state index in [0.717, 1.165) is 0 Å². The van der Waals surface area contributed by atoms with Crippen molar-refractivity contribution in [2.45, 2.75) is 0 Å². The third kappa shape index (κ3) is 83.5. The van der Waals surface area contributed by atoms with Gasteiger partial charge in [-0.05, 0) is 33.7 Å². The maximum atomic E-state index is 9.51. The molecule has 0 aromatic carbocycles. The zero-order chi connectivity index (χ0) is 4.50. The maximum absolute atomic E-state index is 9.51. The summed E-state index contributed by atoms with van der Waals surface area (Å²) in [5.74, 6) is 0. The van der Waals surface area contributed by atoms with Crippen molar-refractivity contribution in [1.29, 1.82) is 0 Å². The minimum Gasteiger partial charge on any atom is -1.00 e. The number of hydrogen-bond acceptors (Lipinski definition) is 1. The van der Waals surface area contributed by atoms with Crippen LogP contribution in [0, 0.1) is 0 Å². The Kier molecular flexibility index (Phi) is 26.1. The average molecular weight is 290 g/mol. The van der Waals surface area contributed by atoms with Crippen molar-refractivity contribution in [3.8, 4) is 0 Å². The van der Waals surface area contributed by atoms with Crippen molar-refractivity contribution in [2.75, 3.05) is 0 Å². The number of hydrogen-bond donors (Lipinski definition) is 0. The molecule has 8 heteroatoms. The van der Waals surface area contributed by atoms with Gasteiger partial charge in [-0.2, -0.15) is 0 Å². The second-order valence-corrected chi connectivity index (χ2v) is 7.04. The molecule has 48 valence electrons. The Balaban J connectivity index is -0.0000000267. The van der Waals surface area contributed by atoms with Crippen molar-refractivity contribution < 1.29 is 48.9 Å². The Morgan fingerprint density at radius 3 is 1.00 bits per heavy atom. The monoisotopic (exact) mass is 286 g/mol. The van der Waals surface area contributed by atoms with E-state index in [-0.39, 0.29) is 44.3 Å². The summed E-state index contributed by atoms with van der Waals surface area (Å²) in [4.78, 5) is 0. The molecule has 0 bridgehead atoms. The van der Waals surface area contributed by atoms with E-state index in [0.29, 0.717) is 0 Å². The van der Waals surface area contributed by atoms with Crippen LogP contribution < -0.4 is 24.8 Å². The molecule has 1 nitrogen and oxygen atoms in total. The Labute approximate surface area is 87.1 Å². The Bertz CT molecular complexity index is 58.6. The minimum absolute atomic E-state index is 0. The van der Waals surface area contributed by atoms with Crippen LogP contribution in [-0.4, -0.2) is 0 Å². The molecule has 0 saturated carbocycles. The molecule has 0 saturated heterocycles. The van der Waals surface area contributed by atoms with Crippen LogP contribution in [0.15, 0.2) is 0 Å². The summed E-state index contributed by atoms with van der Waals surface area (Å²) < 4.78 is 9.51. The van der Waals surface area contributed by atoms with E-state index >= 15 is 0 Å². The van der Waals surface area contributed by atoms with Crippen LogP contribution in [-0.2, 0) is 24.0 Å². The molecule has 0 fully saturated rings. The topological polar surface area (TPSA) is 17.1 Å². The van der Waals surface area contributed by atoms with Gasteiger partial charge in [0.05, 0.1) is 0 Å². The normalized spacial score (nSPS) is 7.38. The molecule has 0 N–H and O–H groups in total. The molecule has 0 heterocycles. The third-order valence-corrected chi connectivity index (χ3v) is 0. The fourth-order valence-electron chi connectivity index (χ4n) is 0. The zero-order valence-corrected chi connectivity index (χ0v) is 11.1. The molecule has 8 heavy (non-hydrogen) atoms. The van der Waals surface area contributed by atoms with E-state index in [2.05, 4.69) is 33.7 Å². The molecule has 0 aliphatic heterocycles. The fraction of sp³-hybridized carbons (Fsp3) is 0. The largest absolute Gasteiger partial charge is 2.00 e. The van der Waals surface area contributed by atoms with Gasteiger partial charge < -0.3 is 24.8 Å². The third-order valence-electron chi connectivity index (χ3n) is 0. The van der Waals surface area contributed by atoms with Gasteiger partial charge >= 0.3 is 24.7 Å². The first kappa shape index (κ1) is 22.4. The van der Waals surface area contributed by atoms with Gasteiger partial charge in [-0.1, -0.05) is 0 Å². The first-order chi connectivity index (χ1) is 2.00. The van der Waals surface area contributed by atoms with E-state index in [9.17, 15) is 4.57 Å². The van der Waals surface area contributed by atoms with Gasteiger partial charge in [-0.25, -0.2) is 0 Å². The molecule has 0 aromatic heterocycles.